The van der Waals surface area contributed by atoms with Crippen LogP contribution in [0.25, 0.3) is 0 Å². The zero-order valence-electron chi connectivity index (χ0n) is 16.9. The Labute approximate surface area is 180 Å². The van der Waals surface area contributed by atoms with Gasteiger partial charge in [-0.05, 0) is 29.3 Å². The average molecular weight is 440 g/mol. The molecule has 1 heterocycles. The van der Waals surface area contributed by atoms with Crippen molar-refractivity contribution in [3.05, 3.63) is 81.2 Å². The van der Waals surface area contributed by atoms with Gasteiger partial charge in [0.1, 0.15) is 11.4 Å². The summed E-state index contributed by atoms with van der Waals surface area (Å²) in [5.41, 5.74) is 3.13. The Morgan fingerprint density at radius 3 is 2.34 bits per heavy atom. The molecule has 2 bridgehead atoms. The van der Waals surface area contributed by atoms with E-state index in [-0.39, 0.29) is 34.5 Å². The summed E-state index contributed by atoms with van der Waals surface area (Å²) in [7, 11) is 2.20. The molecule has 3 aliphatic rings. The van der Waals surface area contributed by atoms with E-state index >= 15 is 0 Å². The number of dihydropyridines is 1. The molecule has 0 radical (unpaired) electrons. The van der Waals surface area contributed by atoms with Gasteiger partial charge >= 0.3 is 5.97 Å². The lowest BCUT2D eigenvalue weighted by Crippen LogP contribution is -2.51. The third-order valence-electron chi connectivity index (χ3n) is 5.61. The average Bonchev–Trinajstić information content (AvgIpc) is 2.92. The van der Waals surface area contributed by atoms with Crippen molar-refractivity contribution in [2.24, 2.45) is 5.73 Å². The maximum absolute atomic E-state index is 13.3. The van der Waals surface area contributed by atoms with Crippen LogP contribution in [0, 0.1) is 5.82 Å². The number of ketones is 2. The lowest BCUT2D eigenvalue weighted by atomic mass is 9.76. The standard InChI is InChI=1S/C22H17FN2O7/c1-31-20(29)12-8-22(32-2,21(24)30)14-13-11(7-9-3-5-10(23)6-4-9)15(19(28)18(13)27)25-16(14)17(12)26/h3-6,8,25-26H,7H2,1-2H3,(H2,24,30). The number of primary amides is 1. The number of carbonyl (C=O) groups excluding carboxylic acids is 4. The highest BCUT2D eigenvalue weighted by molar-refractivity contribution is 6.54. The van der Waals surface area contributed by atoms with E-state index < -0.39 is 46.2 Å². The zero-order valence-corrected chi connectivity index (χ0v) is 16.9. The van der Waals surface area contributed by atoms with E-state index in [1.165, 1.54) is 24.3 Å². The predicted molar refractivity (Wildman–Crippen MR) is 106 cm³/mol. The lowest BCUT2D eigenvalue weighted by molar-refractivity contribution is -0.136. The fraction of sp³-hybridized carbons (Fsp3) is 0.182. The van der Waals surface area contributed by atoms with Crippen molar-refractivity contribution in [1.82, 2.24) is 5.32 Å². The molecule has 0 aromatic heterocycles. The molecule has 1 amide bonds. The highest BCUT2D eigenvalue weighted by Crippen LogP contribution is 2.47. The van der Waals surface area contributed by atoms with Gasteiger partial charge in [-0.25, -0.2) is 9.18 Å². The van der Waals surface area contributed by atoms with Crippen LogP contribution in [-0.4, -0.2) is 48.4 Å². The predicted octanol–water partition coefficient (Wildman–Crippen LogP) is 0.427. The van der Waals surface area contributed by atoms with Gasteiger partial charge in [-0.2, -0.15) is 0 Å². The minimum atomic E-state index is -2.16. The Morgan fingerprint density at radius 1 is 1.12 bits per heavy atom. The van der Waals surface area contributed by atoms with Gasteiger partial charge in [0.05, 0.1) is 18.5 Å². The van der Waals surface area contributed by atoms with Crippen molar-refractivity contribution in [2.45, 2.75) is 12.0 Å². The van der Waals surface area contributed by atoms with Crippen LogP contribution in [0.2, 0.25) is 0 Å². The fourth-order valence-corrected chi connectivity index (χ4v) is 4.07. The van der Waals surface area contributed by atoms with Crippen LogP contribution >= 0.6 is 0 Å². The lowest BCUT2D eigenvalue weighted by Gasteiger charge is -2.37. The number of ether oxygens (including phenoxy) is 2. The number of rotatable bonds is 5. The van der Waals surface area contributed by atoms with E-state index in [1.807, 2.05) is 0 Å². The minimum absolute atomic E-state index is 0.0408. The first-order valence-electron chi connectivity index (χ1n) is 9.35. The number of esters is 1. The zero-order chi connectivity index (χ0) is 23.4. The summed E-state index contributed by atoms with van der Waals surface area (Å²) in [4.78, 5) is 50.4. The maximum Gasteiger partial charge on any atom is 0.341 e. The van der Waals surface area contributed by atoms with E-state index in [0.717, 1.165) is 20.3 Å². The van der Waals surface area contributed by atoms with E-state index in [0.29, 0.717) is 5.56 Å². The SMILES string of the molecule is COC(=O)C1=CC(OC)(C(N)=O)C2=C3C(=O)C(=O)C(=C3Cc3ccc(F)cc3)NC2=C1O. The largest absolute Gasteiger partial charge is 0.505 e. The van der Waals surface area contributed by atoms with Gasteiger partial charge in [-0.15, -0.1) is 0 Å². The Balaban J connectivity index is 1.99. The van der Waals surface area contributed by atoms with Gasteiger partial charge in [0, 0.05) is 24.7 Å². The smallest absolute Gasteiger partial charge is 0.341 e. The van der Waals surface area contributed by atoms with Crippen LogP contribution in [0.5, 0.6) is 0 Å². The Morgan fingerprint density at radius 2 is 1.78 bits per heavy atom. The van der Waals surface area contributed by atoms with Gasteiger partial charge in [-0.1, -0.05) is 12.1 Å². The number of carbonyl (C=O) groups is 4. The molecule has 1 aromatic rings. The minimum Gasteiger partial charge on any atom is -0.505 e. The molecular weight excluding hydrogens is 423 g/mol. The third kappa shape index (κ3) is 2.80. The van der Waals surface area contributed by atoms with E-state index in [9.17, 15) is 28.7 Å². The van der Waals surface area contributed by atoms with Crippen molar-refractivity contribution in [3.8, 4) is 0 Å². The molecule has 4 N–H and O–H groups in total. The first-order chi connectivity index (χ1) is 15.2. The maximum atomic E-state index is 13.3. The molecule has 1 unspecified atom stereocenters. The van der Waals surface area contributed by atoms with Crippen molar-refractivity contribution in [2.75, 3.05) is 14.2 Å². The summed E-state index contributed by atoms with van der Waals surface area (Å²) >= 11 is 0. The number of methoxy groups -OCH3 is 2. The molecular formula is C22H17FN2O7. The Hall–Kier alpha value is -4.05. The highest BCUT2D eigenvalue weighted by Gasteiger charge is 2.55. The summed E-state index contributed by atoms with van der Waals surface area (Å²) < 4.78 is 23.3. The van der Waals surface area contributed by atoms with E-state index in [2.05, 4.69) is 10.1 Å². The number of hydrogen-bond donors (Lipinski definition) is 3. The van der Waals surface area contributed by atoms with Crippen LogP contribution in [0.4, 0.5) is 4.39 Å². The fourth-order valence-electron chi connectivity index (χ4n) is 4.07. The molecule has 4 rings (SSSR count). The number of Topliss-reactive ketones (excluding diaryl/α,β-unsaturated/α-hetero) is 2. The molecule has 2 aliphatic carbocycles. The van der Waals surface area contributed by atoms with E-state index in [4.69, 9.17) is 10.5 Å². The van der Waals surface area contributed by atoms with Crippen LogP contribution in [0.1, 0.15) is 5.56 Å². The second kappa shape index (κ2) is 7.27. The van der Waals surface area contributed by atoms with Crippen LogP contribution in [-0.2, 0) is 35.1 Å². The van der Waals surface area contributed by atoms with Crippen molar-refractivity contribution in [3.63, 3.8) is 0 Å². The Bertz CT molecular complexity index is 1240. The van der Waals surface area contributed by atoms with Crippen molar-refractivity contribution < 1.29 is 38.1 Å². The van der Waals surface area contributed by atoms with Crippen molar-refractivity contribution >= 4 is 23.4 Å². The number of nitrogens with two attached hydrogens (primary N) is 1. The molecule has 10 heteroatoms. The topological polar surface area (TPSA) is 145 Å². The summed E-state index contributed by atoms with van der Waals surface area (Å²) in [5.74, 6) is -5.00. The van der Waals surface area contributed by atoms with Gasteiger partial charge in [0.25, 0.3) is 5.91 Å². The van der Waals surface area contributed by atoms with Crippen LogP contribution in [0.3, 0.4) is 0 Å². The molecule has 9 nitrogen and oxygen atoms in total. The molecule has 1 aliphatic heterocycles. The molecule has 164 valence electrons. The second-order valence-electron chi connectivity index (χ2n) is 7.27. The number of allylic oxidation sites excluding steroid dienone is 3. The third-order valence-corrected chi connectivity index (χ3v) is 5.61. The van der Waals surface area contributed by atoms with Crippen molar-refractivity contribution in [1.29, 1.82) is 0 Å². The molecule has 1 atom stereocenters. The number of aliphatic hydroxyl groups excluding tert-OH is 1. The molecule has 32 heavy (non-hydrogen) atoms. The summed E-state index contributed by atoms with van der Waals surface area (Å²) in [6, 6.07) is 5.43. The molecule has 1 aromatic carbocycles. The van der Waals surface area contributed by atoms with Gasteiger partial charge < -0.3 is 25.6 Å². The number of hydrogen-bond acceptors (Lipinski definition) is 8. The highest BCUT2D eigenvalue weighted by atomic mass is 19.1. The molecule has 0 saturated carbocycles. The second-order valence-corrected chi connectivity index (χ2v) is 7.27. The van der Waals surface area contributed by atoms with E-state index in [1.54, 1.807) is 0 Å². The summed E-state index contributed by atoms with van der Waals surface area (Å²) in [5, 5.41) is 13.4. The van der Waals surface area contributed by atoms with Gasteiger partial charge in [-0.3, -0.25) is 14.4 Å². The Kier molecular flexibility index (Phi) is 4.82. The number of halogens is 1. The quantitative estimate of drug-likeness (QED) is 0.441. The number of benzene rings is 1. The number of nitrogens with one attached hydrogen (secondary N) is 1. The van der Waals surface area contributed by atoms with Gasteiger partial charge in [0.15, 0.2) is 11.4 Å². The number of aliphatic hydroxyl groups is 1. The summed E-state index contributed by atoms with van der Waals surface area (Å²) in [6.07, 6.45) is 1.000. The summed E-state index contributed by atoms with van der Waals surface area (Å²) in [6.45, 7) is 0. The first kappa shape index (κ1) is 21.2. The molecule has 0 fully saturated rings. The molecule has 0 saturated heterocycles. The van der Waals surface area contributed by atoms with Crippen LogP contribution < -0.4 is 11.1 Å². The van der Waals surface area contributed by atoms with Crippen LogP contribution in [0.15, 0.2) is 69.8 Å². The number of fused-ring (bicyclic) bond motifs is 2. The normalized spacial score (nSPS) is 22.0. The molecule has 0 spiro atoms. The first-order valence-corrected chi connectivity index (χ1v) is 9.35. The monoisotopic (exact) mass is 440 g/mol. The van der Waals surface area contributed by atoms with Gasteiger partial charge in [0.2, 0.25) is 11.6 Å². The number of amides is 1.